The lowest BCUT2D eigenvalue weighted by molar-refractivity contribution is 0.262. The van der Waals surface area contributed by atoms with Gasteiger partial charge in [0, 0.05) is 19.8 Å². The van der Waals surface area contributed by atoms with Crippen LogP contribution in [0, 0.1) is 13.8 Å². The van der Waals surface area contributed by atoms with Gasteiger partial charge in [-0.1, -0.05) is 32.9 Å². The van der Waals surface area contributed by atoms with Crippen molar-refractivity contribution in [3.63, 3.8) is 0 Å². The van der Waals surface area contributed by atoms with E-state index in [1.54, 1.807) is 0 Å². The quantitative estimate of drug-likeness (QED) is 0.882. The Morgan fingerprint density at radius 2 is 1.48 bits per heavy atom. The number of aryl methyl sites for hydroxylation is 2. The van der Waals surface area contributed by atoms with Crippen molar-refractivity contribution in [2.75, 3.05) is 29.6 Å². The fourth-order valence-electron chi connectivity index (χ4n) is 2.41. The van der Waals surface area contributed by atoms with Gasteiger partial charge in [-0.05, 0) is 37.0 Å². The van der Waals surface area contributed by atoms with Crippen LogP contribution in [0.1, 0.15) is 37.7 Å². The van der Waals surface area contributed by atoms with Crippen LogP contribution in [0.15, 0.2) is 24.3 Å². The summed E-state index contributed by atoms with van der Waals surface area (Å²) in [6, 6.07) is 7.56. The van der Waals surface area contributed by atoms with Crippen molar-refractivity contribution in [3.8, 4) is 0 Å². The first-order valence-corrected chi connectivity index (χ1v) is 8.29. The van der Waals surface area contributed by atoms with Crippen molar-refractivity contribution in [1.29, 1.82) is 0 Å². The van der Waals surface area contributed by atoms with E-state index in [0.29, 0.717) is 11.6 Å². The zero-order chi connectivity index (χ0) is 18.8. The SMILES string of the molecule is Cc1nc(N(C)C)nc(C)c1NC(=O)Nc1ccc(C(C)(C)C)cc1. The zero-order valence-electron chi connectivity index (χ0n) is 16.1. The molecular formula is C19H27N5O. The maximum Gasteiger partial charge on any atom is 0.323 e. The smallest absolute Gasteiger partial charge is 0.323 e. The molecule has 0 aliphatic heterocycles. The lowest BCUT2D eigenvalue weighted by Gasteiger charge is -2.19. The third-order valence-corrected chi connectivity index (χ3v) is 3.91. The molecule has 0 aliphatic rings. The van der Waals surface area contributed by atoms with Crippen LogP contribution in [0.2, 0.25) is 0 Å². The summed E-state index contributed by atoms with van der Waals surface area (Å²) < 4.78 is 0. The Kier molecular flexibility index (Phi) is 5.30. The Labute approximate surface area is 149 Å². The molecule has 6 heteroatoms. The highest BCUT2D eigenvalue weighted by molar-refractivity contribution is 6.00. The highest BCUT2D eigenvalue weighted by Crippen LogP contribution is 2.24. The third-order valence-electron chi connectivity index (χ3n) is 3.91. The van der Waals surface area contributed by atoms with Crippen LogP contribution < -0.4 is 15.5 Å². The predicted molar refractivity (Wildman–Crippen MR) is 104 cm³/mol. The molecule has 0 bridgehead atoms. The van der Waals surface area contributed by atoms with Gasteiger partial charge in [-0.15, -0.1) is 0 Å². The summed E-state index contributed by atoms with van der Waals surface area (Å²) in [4.78, 5) is 22.9. The fourth-order valence-corrected chi connectivity index (χ4v) is 2.41. The van der Waals surface area contributed by atoms with Gasteiger partial charge in [-0.2, -0.15) is 0 Å². The van der Waals surface area contributed by atoms with Gasteiger partial charge in [-0.25, -0.2) is 14.8 Å². The molecule has 2 rings (SSSR count). The average molecular weight is 341 g/mol. The monoisotopic (exact) mass is 341 g/mol. The molecule has 0 atom stereocenters. The first-order valence-electron chi connectivity index (χ1n) is 8.29. The molecule has 0 spiro atoms. The molecule has 1 aromatic carbocycles. The van der Waals surface area contributed by atoms with Crippen molar-refractivity contribution in [2.24, 2.45) is 0 Å². The molecule has 0 radical (unpaired) electrons. The fraction of sp³-hybridized carbons (Fsp3) is 0.421. The van der Waals surface area contributed by atoms with Gasteiger partial charge in [0.05, 0.1) is 17.1 Å². The maximum absolute atomic E-state index is 12.3. The molecule has 0 fully saturated rings. The number of aromatic nitrogens is 2. The second-order valence-electron chi connectivity index (χ2n) is 7.37. The molecule has 25 heavy (non-hydrogen) atoms. The topological polar surface area (TPSA) is 70.2 Å². The van der Waals surface area contributed by atoms with Crippen LogP contribution in [0.3, 0.4) is 0 Å². The Morgan fingerprint density at radius 3 is 1.92 bits per heavy atom. The van der Waals surface area contributed by atoms with E-state index in [-0.39, 0.29) is 11.4 Å². The van der Waals surface area contributed by atoms with Gasteiger partial charge in [0.1, 0.15) is 0 Å². The molecule has 0 unspecified atom stereocenters. The minimum Gasteiger partial charge on any atom is -0.347 e. The van der Waals surface area contributed by atoms with Crippen molar-refractivity contribution >= 4 is 23.4 Å². The van der Waals surface area contributed by atoms with Crippen molar-refractivity contribution < 1.29 is 4.79 Å². The van der Waals surface area contributed by atoms with E-state index in [9.17, 15) is 4.79 Å². The van der Waals surface area contributed by atoms with Gasteiger partial charge < -0.3 is 15.5 Å². The van der Waals surface area contributed by atoms with Gasteiger partial charge in [-0.3, -0.25) is 0 Å². The van der Waals surface area contributed by atoms with Crippen LogP contribution in [0.25, 0.3) is 0 Å². The summed E-state index contributed by atoms with van der Waals surface area (Å²) in [5.74, 6) is 0.624. The van der Waals surface area contributed by atoms with E-state index in [1.165, 1.54) is 5.56 Å². The molecule has 0 saturated carbocycles. The number of hydrogen-bond acceptors (Lipinski definition) is 4. The minimum atomic E-state index is -0.309. The molecule has 134 valence electrons. The number of nitrogens with zero attached hydrogens (tertiary/aromatic N) is 3. The number of amides is 2. The Bertz CT molecular complexity index is 737. The predicted octanol–water partition coefficient (Wildman–Crippen LogP) is 4.10. The van der Waals surface area contributed by atoms with Crippen LogP contribution in [-0.2, 0) is 5.41 Å². The molecule has 0 saturated heterocycles. The van der Waals surface area contributed by atoms with Crippen LogP contribution >= 0.6 is 0 Å². The number of rotatable bonds is 3. The summed E-state index contributed by atoms with van der Waals surface area (Å²) in [5.41, 5.74) is 4.14. The number of urea groups is 1. The molecule has 0 aliphatic carbocycles. The summed E-state index contributed by atoms with van der Waals surface area (Å²) in [7, 11) is 3.77. The van der Waals surface area contributed by atoms with E-state index >= 15 is 0 Å². The number of carbonyl (C=O) groups is 1. The largest absolute Gasteiger partial charge is 0.347 e. The second kappa shape index (κ2) is 7.09. The number of anilines is 3. The van der Waals surface area contributed by atoms with Gasteiger partial charge >= 0.3 is 6.03 Å². The second-order valence-corrected chi connectivity index (χ2v) is 7.37. The molecule has 2 N–H and O–H groups in total. The Morgan fingerprint density at radius 1 is 0.960 bits per heavy atom. The first kappa shape index (κ1) is 18.7. The summed E-state index contributed by atoms with van der Waals surface area (Å²) in [5, 5.41) is 5.69. The average Bonchev–Trinajstić information content (AvgIpc) is 2.50. The van der Waals surface area contributed by atoms with Gasteiger partial charge in [0.15, 0.2) is 0 Å². The van der Waals surface area contributed by atoms with Crippen LogP contribution in [-0.4, -0.2) is 30.1 Å². The van der Waals surface area contributed by atoms with Gasteiger partial charge in [0.25, 0.3) is 0 Å². The van der Waals surface area contributed by atoms with Gasteiger partial charge in [0.2, 0.25) is 5.95 Å². The Balaban J connectivity index is 2.10. The minimum absolute atomic E-state index is 0.0839. The van der Waals surface area contributed by atoms with E-state index in [2.05, 4.69) is 41.4 Å². The van der Waals surface area contributed by atoms with Crippen molar-refractivity contribution in [3.05, 3.63) is 41.2 Å². The first-order chi connectivity index (χ1) is 11.6. The molecule has 1 heterocycles. The third kappa shape index (κ3) is 4.68. The van der Waals surface area contributed by atoms with E-state index < -0.39 is 0 Å². The molecule has 2 aromatic rings. The van der Waals surface area contributed by atoms with Crippen LogP contribution in [0.4, 0.5) is 22.1 Å². The van der Waals surface area contributed by atoms with E-state index in [1.807, 2.05) is 57.1 Å². The van der Waals surface area contributed by atoms with E-state index in [0.717, 1.165) is 17.1 Å². The molecule has 2 amide bonds. The summed E-state index contributed by atoms with van der Waals surface area (Å²) >= 11 is 0. The van der Waals surface area contributed by atoms with Crippen molar-refractivity contribution in [2.45, 2.75) is 40.0 Å². The standard InChI is InChI=1S/C19H27N5O/c1-12-16(13(2)21-17(20-12)24(6)7)23-18(25)22-15-10-8-14(9-11-15)19(3,4)5/h8-11H,1-7H3,(H2,22,23,25). The number of hydrogen-bond donors (Lipinski definition) is 2. The van der Waals surface area contributed by atoms with E-state index in [4.69, 9.17) is 0 Å². The zero-order valence-corrected chi connectivity index (χ0v) is 16.1. The normalized spacial score (nSPS) is 11.2. The molecule has 1 aromatic heterocycles. The van der Waals surface area contributed by atoms with Crippen molar-refractivity contribution in [1.82, 2.24) is 9.97 Å². The maximum atomic E-state index is 12.3. The lowest BCUT2D eigenvalue weighted by Crippen LogP contribution is -2.22. The highest BCUT2D eigenvalue weighted by Gasteiger charge is 2.15. The molecular weight excluding hydrogens is 314 g/mol. The highest BCUT2D eigenvalue weighted by atomic mass is 16.2. The lowest BCUT2D eigenvalue weighted by atomic mass is 9.87. The van der Waals surface area contributed by atoms with Crippen LogP contribution in [0.5, 0.6) is 0 Å². The summed E-state index contributed by atoms with van der Waals surface area (Å²) in [6.45, 7) is 10.2. The number of nitrogens with one attached hydrogen (secondary N) is 2. The Hall–Kier alpha value is -2.63. The molecule has 6 nitrogen and oxygen atoms in total. The number of benzene rings is 1. The number of carbonyl (C=O) groups excluding carboxylic acids is 1. The summed E-state index contributed by atoms with van der Waals surface area (Å²) in [6.07, 6.45) is 0.